The number of halogens is 1. The van der Waals surface area contributed by atoms with E-state index in [9.17, 15) is 9.00 Å². The predicted octanol–water partition coefficient (Wildman–Crippen LogP) is 0.958. The fraction of sp³-hybridized carbons (Fsp3) is 0.455. The van der Waals surface area contributed by atoms with Crippen LogP contribution in [0.2, 0.25) is 5.15 Å². The third kappa shape index (κ3) is 3.20. The first kappa shape index (κ1) is 13.3. The Morgan fingerprint density at radius 3 is 2.83 bits per heavy atom. The van der Waals surface area contributed by atoms with E-state index in [1.807, 2.05) is 0 Å². The molecule has 5 nitrogen and oxygen atoms in total. The van der Waals surface area contributed by atoms with Crippen LogP contribution < -0.4 is 11.1 Å². The molecule has 0 saturated carbocycles. The topological polar surface area (TPSA) is 85.1 Å². The highest BCUT2D eigenvalue weighted by Gasteiger charge is 2.21. The van der Waals surface area contributed by atoms with Crippen LogP contribution in [0.15, 0.2) is 12.3 Å². The maximum Gasteiger partial charge on any atom is 0.254 e. The van der Waals surface area contributed by atoms with Crippen LogP contribution in [0.1, 0.15) is 23.2 Å². The van der Waals surface area contributed by atoms with Crippen molar-refractivity contribution in [2.24, 2.45) is 0 Å². The van der Waals surface area contributed by atoms with Crippen molar-refractivity contribution in [3.8, 4) is 0 Å². The van der Waals surface area contributed by atoms with E-state index in [1.165, 1.54) is 12.3 Å². The smallest absolute Gasteiger partial charge is 0.254 e. The maximum absolute atomic E-state index is 12.0. The molecule has 1 aliphatic rings. The van der Waals surface area contributed by atoms with Crippen LogP contribution in [0, 0.1) is 0 Å². The zero-order valence-electron chi connectivity index (χ0n) is 9.69. The van der Waals surface area contributed by atoms with Crippen molar-refractivity contribution in [2.75, 3.05) is 17.2 Å². The monoisotopic (exact) mass is 287 g/mol. The summed E-state index contributed by atoms with van der Waals surface area (Å²) in [6.45, 7) is 0. The molecule has 0 aliphatic carbocycles. The van der Waals surface area contributed by atoms with Crippen LogP contribution in [0.5, 0.6) is 0 Å². The number of rotatable bonds is 2. The normalized spacial score (nSPS) is 23.6. The molecule has 2 heterocycles. The summed E-state index contributed by atoms with van der Waals surface area (Å²) in [4.78, 5) is 15.8. The number of nitrogens with zero attached hydrogens (tertiary/aromatic N) is 1. The first-order valence-corrected chi connectivity index (χ1v) is 7.49. The SMILES string of the molecule is Nc1cnc(Cl)c(C(=O)NC2CCS(=O)CC2)c1. The summed E-state index contributed by atoms with van der Waals surface area (Å²) >= 11 is 5.86. The number of anilines is 1. The minimum Gasteiger partial charge on any atom is -0.397 e. The lowest BCUT2D eigenvalue weighted by Gasteiger charge is -2.22. The molecule has 1 fully saturated rings. The molecule has 1 aromatic heterocycles. The van der Waals surface area contributed by atoms with Crippen molar-refractivity contribution in [1.29, 1.82) is 0 Å². The summed E-state index contributed by atoms with van der Waals surface area (Å²) < 4.78 is 11.2. The van der Waals surface area contributed by atoms with Gasteiger partial charge in [0.2, 0.25) is 0 Å². The molecule has 3 N–H and O–H groups in total. The van der Waals surface area contributed by atoms with Crippen LogP contribution in [-0.2, 0) is 10.8 Å². The summed E-state index contributed by atoms with van der Waals surface area (Å²) in [5.41, 5.74) is 6.25. The Bertz CT molecular complexity index is 485. The van der Waals surface area contributed by atoms with Crippen molar-refractivity contribution in [1.82, 2.24) is 10.3 Å². The quantitative estimate of drug-likeness (QED) is 0.794. The summed E-state index contributed by atoms with van der Waals surface area (Å²) in [6.07, 6.45) is 2.86. The molecule has 0 aromatic carbocycles. The van der Waals surface area contributed by atoms with Gasteiger partial charge < -0.3 is 11.1 Å². The minimum absolute atomic E-state index is 0.0488. The molecule has 0 radical (unpaired) electrons. The van der Waals surface area contributed by atoms with Gasteiger partial charge in [0.15, 0.2) is 0 Å². The number of hydrogen-bond donors (Lipinski definition) is 2. The molecule has 1 saturated heterocycles. The number of aromatic nitrogens is 1. The molecule has 1 aromatic rings. The van der Waals surface area contributed by atoms with Crippen LogP contribution in [0.25, 0.3) is 0 Å². The average Bonchev–Trinajstić information content (AvgIpc) is 2.35. The van der Waals surface area contributed by atoms with Gasteiger partial charge in [0.05, 0.1) is 17.4 Å². The predicted molar refractivity (Wildman–Crippen MR) is 72.0 cm³/mol. The lowest BCUT2D eigenvalue weighted by Crippen LogP contribution is -2.39. The van der Waals surface area contributed by atoms with E-state index >= 15 is 0 Å². The second-order valence-corrected chi connectivity index (χ2v) is 6.26. The molecule has 1 aliphatic heterocycles. The van der Waals surface area contributed by atoms with Crippen LogP contribution in [0.3, 0.4) is 0 Å². The highest BCUT2D eigenvalue weighted by Crippen LogP contribution is 2.17. The first-order chi connectivity index (χ1) is 8.56. The van der Waals surface area contributed by atoms with Crippen molar-refractivity contribution >= 4 is 34.0 Å². The van der Waals surface area contributed by atoms with Gasteiger partial charge in [0.1, 0.15) is 5.15 Å². The molecular weight excluding hydrogens is 274 g/mol. The minimum atomic E-state index is -0.738. The van der Waals surface area contributed by atoms with Gasteiger partial charge in [0.25, 0.3) is 5.91 Å². The molecule has 98 valence electrons. The van der Waals surface area contributed by atoms with Gasteiger partial charge in [-0.25, -0.2) is 4.98 Å². The first-order valence-electron chi connectivity index (χ1n) is 5.63. The Hall–Kier alpha value is -1.14. The van der Waals surface area contributed by atoms with Gasteiger partial charge >= 0.3 is 0 Å². The molecular formula is C11H14ClN3O2S. The number of nitrogens with two attached hydrogens (primary N) is 1. The van der Waals surface area contributed by atoms with Gasteiger partial charge in [0, 0.05) is 28.3 Å². The summed E-state index contributed by atoms with van der Waals surface area (Å²) in [7, 11) is -0.738. The number of amides is 1. The lowest BCUT2D eigenvalue weighted by molar-refractivity contribution is 0.0934. The third-order valence-electron chi connectivity index (χ3n) is 2.83. The largest absolute Gasteiger partial charge is 0.397 e. The molecule has 2 rings (SSSR count). The van der Waals surface area contributed by atoms with Gasteiger partial charge in [-0.1, -0.05) is 11.6 Å². The van der Waals surface area contributed by atoms with Crippen molar-refractivity contribution < 1.29 is 9.00 Å². The van der Waals surface area contributed by atoms with Gasteiger partial charge in [-0.15, -0.1) is 0 Å². The fourth-order valence-corrected chi connectivity index (χ4v) is 3.31. The maximum atomic E-state index is 12.0. The number of carbonyl (C=O) groups is 1. The number of pyridine rings is 1. The van der Waals surface area contributed by atoms with Crippen LogP contribution in [-0.4, -0.2) is 32.6 Å². The van der Waals surface area contributed by atoms with Gasteiger partial charge in [-0.3, -0.25) is 9.00 Å². The lowest BCUT2D eigenvalue weighted by atomic mass is 10.1. The van der Waals surface area contributed by atoms with Crippen LogP contribution in [0.4, 0.5) is 5.69 Å². The van der Waals surface area contributed by atoms with Gasteiger partial charge in [-0.05, 0) is 18.9 Å². The summed E-state index contributed by atoms with van der Waals surface area (Å²) in [6, 6.07) is 1.55. The van der Waals surface area contributed by atoms with E-state index in [0.717, 1.165) is 12.8 Å². The Morgan fingerprint density at radius 2 is 2.17 bits per heavy atom. The van der Waals surface area contributed by atoms with Crippen molar-refractivity contribution in [3.63, 3.8) is 0 Å². The Kier molecular flexibility index (Phi) is 4.19. The Labute approximate surface area is 113 Å². The molecule has 0 unspecified atom stereocenters. The van der Waals surface area contributed by atoms with Gasteiger partial charge in [-0.2, -0.15) is 0 Å². The van der Waals surface area contributed by atoms with E-state index in [0.29, 0.717) is 17.2 Å². The number of nitrogen functional groups attached to an aromatic ring is 1. The number of nitrogens with one attached hydrogen (secondary N) is 1. The van der Waals surface area contributed by atoms with E-state index in [1.54, 1.807) is 0 Å². The summed E-state index contributed by atoms with van der Waals surface area (Å²) in [5.74, 6) is 0.985. The highest BCUT2D eigenvalue weighted by atomic mass is 35.5. The third-order valence-corrected chi connectivity index (χ3v) is 4.51. The van der Waals surface area contributed by atoms with E-state index < -0.39 is 10.8 Å². The van der Waals surface area contributed by atoms with Crippen molar-refractivity contribution in [2.45, 2.75) is 18.9 Å². The molecule has 0 spiro atoms. The molecule has 0 atom stereocenters. The molecule has 0 bridgehead atoms. The van der Waals surface area contributed by atoms with E-state index in [4.69, 9.17) is 17.3 Å². The Balaban J connectivity index is 2.03. The average molecular weight is 288 g/mol. The molecule has 18 heavy (non-hydrogen) atoms. The number of carbonyl (C=O) groups excluding carboxylic acids is 1. The molecule has 1 amide bonds. The standard InChI is InChI=1S/C11H14ClN3O2S/c12-10-9(5-7(13)6-14-10)11(16)15-8-1-3-18(17)4-2-8/h5-6,8H,1-4,13H2,(H,15,16). The van der Waals surface area contributed by atoms with E-state index in [-0.39, 0.29) is 22.7 Å². The summed E-state index contributed by atoms with van der Waals surface area (Å²) in [5, 5.41) is 3.01. The fourth-order valence-electron chi connectivity index (χ4n) is 1.82. The van der Waals surface area contributed by atoms with Crippen molar-refractivity contribution in [3.05, 3.63) is 23.0 Å². The second-order valence-electron chi connectivity index (χ2n) is 4.20. The Morgan fingerprint density at radius 1 is 1.50 bits per heavy atom. The number of hydrogen-bond acceptors (Lipinski definition) is 4. The van der Waals surface area contributed by atoms with E-state index in [2.05, 4.69) is 10.3 Å². The zero-order chi connectivity index (χ0) is 13.1. The highest BCUT2D eigenvalue weighted by molar-refractivity contribution is 7.85. The van der Waals surface area contributed by atoms with Crippen LogP contribution >= 0.6 is 11.6 Å². The second kappa shape index (κ2) is 5.67. The zero-order valence-corrected chi connectivity index (χ0v) is 11.3. The molecule has 7 heteroatoms.